The molecule has 1 heterocycles. The van der Waals surface area contributed by atoms with Gasteiger partial charge in [0.1, 0.15) is 0 Å². The van der Waals surface area contributed by atoms with Gasteiger partial charge in [0.2, 0.25) is 0 Å². The summed E-state index contributed by atoms with van der Waals surface area (Å²) in [4.78, 5) is 4.70. The van der Waals surface area contributed by atoms with Crippen LogP contribution in [0.25, 0.3) is 0 Å². The third-order valence-corrected chi connectivity index (χ3v) is 15.6. The number of nitrogens with one attached hydrogen (secondary N) is 1. The molecule has 0 bridgehead atoms. The number of aromatic amines is 1. The van der Waals surface area contributed by atoms with Gasteiger partial charge in [-0.25, -0.2) is 0 Å². The van der Waals surface area contributed by atoms with Crippen molar-refractivity contribution < 1.29 is 0 Å². The fourth-order valence-electron chi connectivity index (χ4n) is 13.2. The van der Waals surface area contributed by atoms with Crippen molar-refractivity contribution in [2.45, 2.75) is 21.7 Å². The smallest absolute Gasteiger partial charge is 0.0858 e. The first-order chi connectivity index (χ1) is 34.3. The Morgan fingerprint density at radius 2 is 0.333 bits per heavy atom. The lowest BCUT2D eigenvalue weighted by atomic mass is 9.47. The second kappa shape index (κ2) is 16.1. The molecule has 2 aliphatic rings. The van der Waals surface area contributed by atoms with Crippen LogP contribution < -0.4 is 0 Å². The van der Waals surface area contributed by atoms with E-state index in [2.05, 4.69) is 291 Å². The minimum Gasteiger partial charge on any atom is -0.359 e. The Labute approximate surface area is 405 Å². The van der Waals surface area contributed by atoms with Crippen LogP contribution in [0.5, 0.6) is 0 Å². The molecular formula is C68H49N. The van der Waals surface area contributed by atoms with Crippen LogP contribution in [0.1, 0.15) is 89.3 Å². The van der Waals surface area contributed by atoms with Crippen LogP contribution in [-0.2, 0) is 21.7 Å². The first-order valence-electron chi connectivity index (χ1n) is 24.2. The van der Waals surface area contributed by atoms with E-state index in [0.29, 0.717) is 0 Å². The molecule has 0 unspecified atom stereocenters. The van der Waals surface area contributed by atoms with Crippen molar-refractivity contribution in [2.75, 3.05) is 0 Å². The van der Waals surface area contributed by atoms with Gasteiger partial charge in [-0.05, 0) is 77.9 Å². The normalized spacial score (nSPS) is 15.4. The van der Waals surface area contributed by atoms with Gasteiger partial charge in [0.15, 0.2) is 0 Å². The summed E-state index contributed by atoms with van der Waals surface area (Å²) in [5.74, 6) is 0. The monoisotopic (exact) mass is 879 g/mol. The highest BCUT2D eigenvalue weighted by Crippen LogP contribution is 2.68. The molecule has 13 rings (SSSR count). The number of aromatic nitrogens is 1. The molecule has 0 saturated heterocycles. The molecule has 0 spiro atoms. The van der Waals surface area contributed by atoms with E-state index < -0.39 is 21.7 Å². The minimum atomic E-state index is -0.841. The molecule has 11 aromatic rings. The zero-order valence-electron chi connectivity index (χ0n) is 38.2. The van der Waals surface area contributed by atoms with E-state index in [1.807, 2.05) is 0 Å². The van der Waals surface area contributed by atoms with Crippen molar-refractivity contribution in [2.24, 2.45) is 0 Å². The first kappa shape index (κ1) is 40.7. The number of hydrogen-bond acceptors (Lipinski definition) is 0. The van der Waals surface area contributed by atoms with E-state index in [1.165, 1.54) is 77.9 Å². The number of H-pyrrole nitrogens is 1. The molecule has 0 radical (unpaired) electrons. The molecule has 2 aliphatic carbocycles. The number of hydrogen-bond donors (Lipinski definition) is 1. The minimum absolute atomic E-state index is 0.816. The molecule has 1 N–H and O–H groups in total. The van der Waals surface area contributed by atoms with Gasteiger partial charge >= 0.3 is 0 Å². The summed E-state index contributed by atoms with van der Waals surface area (Å²) in [5.41, 5.74) is 16.2. The molecule has 0 atom stereocenters. The molecule has 0 fully saturated rings. The summed E-state index contributed by atoms with van der Waals surface area (Å²) in [7, 11) is 0. The van der Waals surface area contributed by atoms with Crippen molar-refractivity contribution >= 4 is 0 Å². The topological polar surface area (TPSA) is 15.8 Å². The quantitative estimate of drug-likeness (QED) is 0.157. The summed E-state index contributed by atoms with van der Waals surface area (Å²) in [6, 6.07) is 109. The predicted molar refractivity (Wildman–Crippen MR) is 281 cm³/mol. The van der Waals surface area contributed by atoms with Gasteiger partial charge in [-0.15, -0.1) is 0 Å². The third kappa shape index (κ3) is 5.47. The van der Waals surface area contributed by atoms with Gasteiger partial charge in [0.25, 0.3) is 0 Å². The standard InChI is InChI=1S/C68H49N/c1-9-29-49(30-10-1)65(50-31-11-2-12-32-50)57-45-25-27-47-59(57)67(53-37-17-5-18-38-53,54-39-19-6-20-40-54)63-61(65)62-64(69-63)68(55-41-21-7-22-42-55,56-43-23-8-24-44-56)60-48-28-26-46-58(60)66(62,51-33-13-3-14-34-51)52-35-15-4-16-36-52/h1-48,69H. The van der Waals surface area contributed by atoms with E-state index >= 15 is 0 Å². The highest BCUT2D eigenvalue weighted by Gasteiger charge is 2.63. The van der Waals surface area contributed by atoms with Crippen molar-refractivity contribution in [1.82, 2.24) is 4.98 Å². The van der Waals surface area contributed by atoms with Gasteiger partial charge in [-0.1, -0.05) is 291 Å². The Morgan fingerprint density at radius 1 is 0.174 bits per heavy atom. The average Bonchev–Trinajstić information content (AvgIpc) is 3.85. The molecule has 10 aromatic carbocycles. The summed E-state index contributed by atoms with van der Waals surface area (Å²) in [6.45, 7) is 0. The van der Waals surface area contributed by atoms with Crippen LogP contribution in [0.3, 0.4) is 0 Å². The van der Waals surface area contributed by atoms with Crippen LogP contribution in [-0.4, -0.2) is 4.98 Å². The molecule has 1 heteroatoms. The van der Waals surface area contributed by atoms with Gasteiger partial charge in [-0.2, -0.15) is 0 Å². The Morgan fingerprint density at radius 3 is 0.536 bits per heavy atom. The summed E-state index contributed by atoms with van der Waals surface area (Å²) >= 11 is 0. The van der Waals surface area contributed by atoms with Crippen molar-refractivity contribution in [3.63, 3.8) is 0 Å². The maximum absolute atomic E-state index is 4.70. The number of rotatable bonds is 8. The second-order valence-electron chi connectivity index (χ2n) is 18.6. The van der Waals surface area contributed by atoms with Crippen molar-refractivity contribution in [3.8, 4) is 0 Å². The Bertz CT molecular complexity index is 3170. The van der Waals surface area contributed by atoms with Crippen LogP contribution >= 0.6 is 0 Å². The van der Waals surface area contributed by atoms with Gasteiger partial charge < -0.3 is 4.98 Å². The van der Waals surface area contributed by atoms with Gasteiger partial charge in [-0.3, -0.25) is 0 Å². The first-order valence-corrected chi connectivity index (χ1v) is 24.2. The largest absolute Gasteiger partial charge is 0.359 e. The van der Waals surface area contributed by atoms with E-state index in [0.717, 1.165) is 11.4 Å². The lowest BCUT2D eigenvalue weighted by Gasteiger charge is -2.53. The molecule has 1 nitrogen and oxygen atoms in total. The SMILES string of the molecule is c1ccc(C2(c3ccccc3)c3ccccc3C(c3ccccc3)(c3ccccc3)c3c2[nH]c2c3C(c3ccccc3)(c3ccccc3)c3ccccc3C2(c2ccccc2)c2ccccc2)cc1. The molecule has 69 heavy (non-hydrogen) atoms. The van der Waals surface area contributed by atoms with E-state index in [9.17, 15) is 0 Å². The maximum atomic E-state index is 4.70. The summed E-state index contributed by atoms with van der Waals surface area (Å²) < 4.78 is 0. The van der Waals surface area contributed by atoms with Crippen molar-refractivity contribution in [1.29, 1.82) is 0 Å². The zero-order valence-corrected chi connectivity index (χ0v) is 38.2. The van der Waals surface area contributed by atoms with E-state index in [1.54, 1.807) is 0 Å². The Kier molecular flexibility index (Phi) is 9.49. The van der Waals surface area contributed by atoms with Gasteiger partial charge in [0.05, 0.1) is 21.7 Å². The molecule has 0 saturated carbocycles. The van der Waals surface area contributed by atoms with Crippen LogP contribution in [0.15, 0.2) is 291 Å². The highest BCUT2D eigenvalue weighted by atomic mass is 14.9. The Hall–Kier alpha value is -8.52. The number of fused-ring (bicyclic) bond motifs is 5. The van der Waals surface area contributed by atoms with E-state index in [4.69, 9.17) is 4.98 Å². The summed E-state index contributed by atoms with van der Waals surface area (Å²) in [5, 5.41) is 0. The molecule has 0 amide bonds. The molecular weight excluding hydrogens is 831 g/mol. The van der Waals surface area contributed by atoms with Crippen molar-refractivity contribution in [3.05, 3.63) is 380 Å². The summed E-state index contributed by atoms with van der Waals surface area (Å²) in [6.07, 6.45) is 0. The highest BCUT2D eigenvalue weighted by molar-refractivity contribution is 5.84. The molecule has 1 aromatic heterocycles. The van der Waals surface area contributed by atoms with Crippen LogP contribution in [0.2, 0.25) is 0 Å². The van der Waals surface area contributed by atoms with Crippen LogP contribution in [0.4, 0.5) is 0 Å². The maximum Gasteiger partial charge on any atom is 0.0858 e. The predicted octanol–water partition coefficient (Wildman–Crippen LogP) is 15.2. The lowest BCUT2D eigenvalue weighted by Crippen LogP contribution is -2.49. The lowest BCUT2D eigenvalue weighted by molar-refractivity contribution is 0.582. The molecule has 326 valence electrons. The fourth-order valence-corrected chi connectivity index (χ4v) is 13.2. The Balaban J connectivity index is 1.40. The molecule has 0 aliphatic heterocycles. The van der Waals surface area contributed by atoms with Gasteiger partial charge in [0, 0.05) is 11.4 Å². The fraction of sp³-hybridized carbons (Fsp3) is 0.0588. The zero-order chi connectivity index (χ0) is 45.9. The van der Waals surface area contributed by atoms with E-state index in [-0.39, 0.29) is 0 Å². The van der Waals surface area contributed by atoms with Crippen LogP contribution in [0, 0.1) is 0 Å². The second-order valence-corrected chi connectivity index (χ2v) is 18.6. The average molecular weight is 880 g/mol. The third-order valence-electron chi connectivity index (χ3n) is 15.6. The number of benzene rings is 10.